The molecule has 1 aromatic rings. The van der Waals surface area contributed by atoms with Crippen molar-refractivity contribution in [3.05, 3.63) is 29.6 Å². The van der Waals surface area contributed by atoms with Crippen LogP contribution in [-0.4, -0.2) is 66.6 Å². The molecule has 1 amide bonds. The first kappa shape index (κ1) is 20.1. The highest BCUT2D eigenvalue weighted by atomic mass is 32.2. The molecule has 0 bridgehead atoms. The van der Waals surface area contributed by atoms with Crippen molar-refractivity contribution in [1.29, 1.82) is 0 Å². The van der Waals surface area contributed by atoms with Crippen LogP contribution in [0.15, 0.2) is 23.1 Å². The van der Waals surface area contributed by atoms with E-state index in [9.17, 15) is 22.4 Å². The summed E-state index contributed by atoms with van der Waals surface area (Å²) in [6.45, 7) is 5.27. The average Bonchev–Trinajstić information content (AvgIpc) is 2.53. The molecule has 0 unspecified atom stereocenters. The van der Waals surface area contributed by atoms with E-state index >= 15 is 0 Å². The molecule has 0 aromatic heterocycles. The highest BCUT2D eigenvalue weighted by Gasteiger charge is 2.33. The fourth-order valence-corrected chi connectivity index (χ4v) is 3.92. The van der Waals surface area contributed by atoms with Crippen LogP contribution in [0, 0.1) is 5.82 Å². The van der Waals surface area contributed by atoms with Crippen LogP contribution in [0.4, 0.5) is 9.18 Å². The van der Waals surface area contributed by atoms with E-state index in [2.05, 4.69) is 0 Å². The number of aromatic carboxylic acids is 1. The predicted molar refractivity (Wildman–Crippen MR) is 89.9 cm³/mol. The average molecular weight is 388 g/mol. The third-order valence-electron chi connectivity index (χ3n) is 3.69. The molecule has 0 spiro atoms. The lowest BCUT2D eigenvalue weighted by Gasteiger charge is -2.35. The molecule has 1 N–H and O–H groups in total. The fraction of sp³-hybridized carbons (Fsp3) is 0.500. The maximum Gasteiger partial charge on any atom is 0.410 e. The van der Waals surface area contributed by atoms with Gasteiger partial charge in [-0.15, -0.1) is 0 Å². The summed E-state index contributed by atoms with van der Waals surface area (Å²) in [5, 5.41) is 8.98. The molecule has 1 saturated heterocycles. The van der Waals surface area contributed by atoms with E-state index in [0.717, 1.165) is 22.5 Å². The van der Waals surface area contributed by atoms with Gasteiger partial charge >= 0.3 is 12.1 Å². The van der Waals surface area contributed by atoms with Crippen LogP contribution in [-0.2, 0) is 14.8 Å². The molecule has 1 aliphatic rings. The van der Waals surface area contributed by atoms with Gasteiger partial charge in [-0.05, 0) is 39.0 Å². The summed E-state index contributed by atoms with van der Waals surface area (Å²) in [6.07, 6.45) is -0.548. The number of carbonyl (C=O) groups excluding carboxylic acids is 1. The monoisotopic (exact) mass is 388 g/mol. The van der Waals surface area contributed by atoms with Gasteiger partial charge in [0.05, 0.1) is 5.56 Å². The van der Waals surface area contributed by atoms with E-state index in [0.29, 0.717) is 0 Å². The van der Waals surface area contributed by atoms with Gasteiger partial charge in [0.2, 0.25) is 10.0 Å². The first-order chi connectivity index (χ1) is 11.9. The topological polar surface area (TPSA) is 104 Å². The van der Waals surface area contributed by atoms with Crippen molar-refractivity contribution in [1.82, 2.24) is 9.21 Å². The Morgan fingerprint density at radius 2 is 1.73 bits per heavy atom. The third kappa shape index (κ3) is 4.50. The number of nitrogens with zero attached hydrogens (tertiary/aromatic N) is 2. The molecule has 0 atom stereocenters. The number of carbonyl (C=O) groups is 2. The van der Waals surface area contributed by atoms with Crippen molar-refractivity contribution in [3.63, 3.8) is 0 Å². The van der Waals surface area contributed by atoms with Gasteiger partial charge in [-0.1, -0.05) is 0 Å². The smallest absolute Gasteiger partial charge is 0.410 e. The summed E-state index contributed by atoms with van der Waals surface area (Å²) in [7, 11) is -4.22. The molecule has 26 heavy (non-hydrogen) atoms. The Balaban J connectivity index is 2.15. The van der Waals surface area contributed by atoms with Crippen molar-refractivity contribution in [2.24, 2.45) is 0 Å². The van der Waals surface area contributed by atoms with Gasteiger partial charge in [-0.25, -0.2) is 22.4 Å². The van der Waals surface area contributed by atoms with Crippen LogP contribution in [0.25, 0.3) is 0 Å². The molecule has 0 radical (unpaired) electrons. The fourth-order valence-electron chi connectivity index (χ4n) is 2.41. The molecule has 1 heterocycles. The van der Waals surface area contributed by atoms with Gasteiger partial charge in [0.25, 0.3) is 0 Å². The molecule has 0 saturated carbocycles. The number of piperazine rings is 1. The standard InChI is InChI=1S/C16H21FN2O6S/c1-16(2,3)25-15(22)18-6-8-19(9-7-18)26(23,24)13-10-11(14(20)21)4-5-12(13)17/h4-5,10H,6-9H2,1-3H3,(H,20,21). The minimum Gasteiger partial charge on any atom is -0.478 e. The quantitative estimate of drug-likeness (QED) is 0.846. The summed E-state index contributed by atoms with van der Waals surface area (Å²) in [6, 6.07) is 2.61. The molecular weight excluding hydrogens is 367 g/mol. The minimum atomic E-state index is -4.22. The van der Waals surface area contributed by atoms with E-state index in [-0.39, 0.29) is 31.7 Å². The number of sulfonamides is 1. The van der Waals surface area contributed by atoms with Crippen LogP contribution >= 0.6 is 0 Å². The van der Waals surface area contributed by atoms with Gasteiger partial charge < -0.3 is 14.7 Å². The highest BCUT2D eigenvalue weighted by Crippen LogP contribution is 2.23. The predicted octanol–water partition coefficient (Wildman–Crippen LogP) is 1.77. The number of hydrogen-bond acceptors (Lipinski definition) is 5. The first-order valence-corrected chi connectivity index (χ1v) is 9.37. The number of amides is 1. The zero-order valence-corrected chi connectivity index (χ0v) is 15.5. The van der Waals surface area contributed by atoms with Crippen LogP contribution in [0.2, 0.25) is 0 Å². The number of halogens is 1. The molecule has 0 aliphatic carbocycles. The number of carboxylic acid groups (broad SMARTS) is 1. The molecular formula is C16H21FN2O6S. The molecule has 1 fully saturated rings. The van der Waals surface area contributed by atoms with Crippen molar-refractivity contribution in [3.8, 4) is 0 Å². The second kappa shape index (κ2) is 7.20. The molecule has 10 heteroatoms. The Morgan fingerprint density at radius 1 is 1.15 bits per heavy atom. The van der Waals surface area contributed by atoms with Gasteiger partial charge in [0.1, 0.15) is 16.3 Å². The molecule has 144 valence electrons. The summed E-state index contributed by atoms with van der Waals surface area (Å²) in [5.74, 6) is -2.37. The lowest BCUT2D eigenvalue weighted by molar-refractivity contribution is 0.0192. The SMILES string of the molecule is CC(C)(C)OC(=O)N1CCN(S(=O)(=O)c2cc(C(=O)O)ccc2F)CC1. The Hall–Kier alpha value is -2.20. The maximum absolute atomic E-state index is 14.0. The number of ether oxygens (including phenoxy) is 1. The van der Waals surface area contributed by atoms with Crippen LogP contribution in [0.3, 0.4) is 0 Å². The number of rotatable bonds is 3. The van der Waals surface area contributed by atoms with Crippen molar-refractivity contribution >= 4 is 22.1 Å². The Kier molecular flexibility index (Phi) is 5.57. The Labute approximate surface area is 151 Å². The molecule has 1 aliphatic heterocycles. The van der Waals surface area contributed by atoms with E-state index < -0.39 is 38.4 Å². The Bertz CT molecular complexity index is 811. The van der Waals surface area contributed by atoms with Gasteiger partial charge in [-0.3, -0.25) is 0 Å². The summed E-state index contributed by atoms with van der Waals surface area (Å²) < 4.78 is 45.5. The van der Waals surface area contributed by atoms with E-state index in [1.807, 2.05) is 0 Å². The largest absolute Gasteiger partial charge is 0.478 e. The summed E-state index contributed by atoms with van der Waals surface area (Å²) in [5.41, 5.74) is -0.988. The second-order valence-electron chi connectivity index (χ2n) is 6.82. The molecule has 1 aromatic carbocycles. The lowest BCUT2D eigenvalue weighted by Crippen LogP contribution is -2.51. The van der Waals surface area contributed by atoms with Gasteiger partial charge in [0, 0.05) is 26.2 Å². The van der Waals surface area contributed by atoms with Crippen molar-refractivity contribution in [2.45, 2.75) is 31.3 Å². The maximum atomic E-state index is 14.0. The Morgan fingerprint density at radius 3 is 2.23 bits per heavy atom. The van der Waals surface area contributed by atoms with E-state index in [1.165, 1.54) is 4.90 Å². The minimum absolute atomic E-state index is 0.0433. The number of carboxylic acids is 1. The molecule has 2 rings (SSSR count). The zero-order valence-electron chi connectivity index (χ0n) is 14.7. The second-order valence-corrected chi connectivity index (χ2v) is 8.73. The first-order valence-electron chi connectivity index (χ1n) is 7.93. The third-order valence-corrected chi connectivity index (χ3v) is 5.60. The summed E-state index contributed by atoms with van der Waals surface area (Å²) in [4.78, 5) is 23.7. The zero-order chi connectivity index (χ0) is 19.7. The summed E-state index contributed by atoms with van der Waals surface area (Å²) >= 11 is 0. The number of hydrogen-bond donors (Lipinski definition) is 1. The number of benzene rings is 1. The van der Waals surface area contributed by atoms with Crippen LogP contribution < -0.4 is 0 Å². The normalized spacial score (nSPS) is 16.4. The molecule has 8 nitrogen and oxygen atoms in total. The van der Waals surface area contributed by atoms with Gasteiger partial charge in [-0.2, -0.15) is 4.31 Å². The van der Waals surface area contributed by atoms with Crippen molar-refractivity contribution < 1.29 is 32.2 Å². The van der Waals surface area contributed by atoms with Crippen LogP contribution in [0.1, 0.15) is 31.1 Å². The highest BCUT2D eigenvalue weighted by molar-refractivity contribution is 7.89. The van der Waals surface area contributed by atoms with E-state index in [1.54, 1.807) is 20.8 Å². The van der Waals surface area contributed by atoms with E-state index in [4.69, 9.17) is 9.84 Å². The van der Waals surface area contributed by atoms with Gasteiger partial charge in [0.15, 0.2) is 0 Å². The lowest BCUT2D eigenvalue weighted by atomic mass is 10.2. The van der Waals surface area contributed by atoms with Crippen molar-refractivity contribution in [2.75, 3.05) is 26.2 Å². The van der Waals surface area contributed by atoms with Crippen LogP contribution in [0.5, 0.6) is 0 Å².